The number of benzene rings is 1. The molecule has 1 N–H and O–H groups in total. The molecule has 0 spiro atoms. The maximum atomic E-state index is 12.8. The molecular weight excluding hydrogens is 398 g/mol. The summed E-state index contributed by atoms with van der Waals surface area (Å²) in [6.07, 6.45) is 3.27. The molecule has 31 heavy (non-hydrogen) atoms. The molecule has 8 nitrogen and oxygen atoms in total. The predicted molar refractivity (Wildman–Crippen MR) is 114 cm³/mol. The molecule has 0 radical (unpaired) electrons. The number of carbonyl (C=O) groups is 3. The van der Waals surface area contributed by atoms with Crippen LogP contribution in [0.1, 0.15) is 53.4 Å². The maximum Gasteiger partial charge on any atom is 0.342 e. The monoisotopic (exact) mass is 423 g/mol. The van der Waals surface area contributed by atoms with E-state index in [1.54, 1.807) is 4.90 Å². The molecule has 2 amide bonds. The molecule has 8 heteroatoms. The van der Waals surface area contributed by atoms with Crippen molar-refractivity contribution in [2.24, 2.45) is 5.92 Å². The van der Waals surface area contributed by atoms with Crippen LogP contribution in [0, 0.1) is 24.2 Å². The molecule has 1 aromatic carbocycles. The lowest BCUT2D eigenvalue weighted by molar-refractivity contribution is -0.122. The summed E-state index contributed by atoms with van der Waals surface area (Å²) in [7, 11) is 1.20. The first-order valence-electron chi connectivity index (χ1n) is 10.2. The molecule has 1 atom stereocenters. The van der Waals surface area contributed by atoms with E-state index in [0.717, 1.165) is 24.9 Å². The minimum Gasteiger partial charge on any atom is -0.465 e. The number of furan rings is 1. The smallest absolute Gasteiger partial charge is 0.342 e. The van der Waals surface area contributed by atoms with Crippen molar-refractivity contribution in [3.05, 3.63) is 46.7 Å². The van der Waals surface area contributed by atoms with Gasteiger partial charge in [0, 0.05) is 18.7 Å². The van der Waals surface area contributed by atoms with Crippen LogP contribution >= 0.6 is 0 Å². The van der Waals surface area contributed by atoms with Crippen molar-refractivity contribution in [3.8, 4) is 6.07 Å². The van der Waals surface area contributed by atoms with Crippen LogP contribution in [-0.4, -0.2) is 31.4 Å². The second kappa shape index (κ2) is 9.47. The molecule has 2 heterocycles. The number of ether oxygens (including phenoxy) is 1. The number of hydrogen-bond acceptors (Lipinski definition) is 6. The number of hydrogen-bond donors (Lipinski definition) is 1. The van der Waals surface area contributed by atoms with E-state index in [1.807, 2.05) is 30.3 Å². The van der Waals surface area contributed by atoms with Crippen molar-refractivity contribution in [1.82, 2.24) is 0 Å². The van der Waals surface area contributed by atoms with E-state index in [4.69, 9.17) is 4.42 Å². The molecule has 0 bridgehead atoms. The van der Waals surface area contributed by atoms with Crippen LogP contribution in [0.2, 0.25) is 0 Å². The van der Waals surface area contributed by atoms with E-state index in [9.17, 15) is 19.6 Å². The van der Waals surface area contributed by atoms with Crippen LogP contribution in [0.15, 0.2) is 28.7 Å². The number of nitrogens with one attached hydrogen (secondary N) is 1. The summed E-state index contributed by atoms with van der Waals surface area (Å²) in [6, 6.07) is 9.68. The van der Waals surface area contributed by atoms with Crippen molar-refractivity contribution >= 4 is 29.4 Å². The number of methoxy groups -OCH3 is 1. The minimum atomic E-state index is -0.720. The third-order valence-electron chi connectivity index (χ3n) is 5.39. The summed E-state index contributed by atoms with van der Waals surface area (Å²) in [6.45, 7) is 3.88. The normalized spacial score (nSPS) is 15.6. The standard InChI is InChI=1S/C23H25N3O5/c1-4-5-6-15-7-9-17(10-8-15)26-13-16(11-19(26)27)21(28)25-22-18(12-24)20(14(2)31-22)23(29)30-3/h7-10,16H,4-6,11,13H2,1-3H3,(H,25,28). The molecule has 1 aromatic heterocycles. The van der Waals surface area contributed by atoms with Crippen LogP contribution in [0.3, 0.4) is 0 Å². The van der Waals surface area contributed by atoms with Crippen molar-refractivity contribution in [1.29, 1.82) is 5.26 Å². The number of amides is 2. The van der Waals surface area contributed by atoms with E-state index in [1.165, 1.54) is 19.6 Å². The minimum absolute atomic E-state index is 0.0208. The Morgan fingerprint density at radius 3 is 2.65 bits per heavy atom. The summed E-state index contributed by atoms with van der Waals surface area (Å²) in [4.78, 5) is 38.8. The van der Waals surface area contributed by atoms with Gasteiger partial charge < -0.3 is 14.1 Å². The average Bonchev–Trinajstić information content (AvgIpc) is 3.31. The van der Waals surface area contributed by atoms with Crippen LogP contribution in [0.25, 0.3) is 0 Å². The van der Waals surface area contributed by atoms with Crippen molar-refractivity contribution < 1.29 is 23.5 Å². The molecule has 162 valence electrons. The zero-order valence-corrected chi connectivity index (χ0v) is 17.9. The van der Waals surface area contributed by atoms with E-state index in [0.29, 0.717) is 0 Å². The highest BCUT2D eigenvalue weighted by Crippen LogP contribution is 2.30. The van der Waals surface area contributed by atoms with Gasteiger partial charge in [-0.15, -0.1) is 0 Å². The summed E-state index contributed by atoms with van der Waals surface area (Å²) >= 11 is 0. The van der Waals surface area contributed by atoms with Gasteiger partial charge in [-0.25, -0.2) is 4.79 Å². The molecule has 1 unspecified atom stereocenters. The number of aryl methyl sites for hydroxylation is 2. The molecule has 0 saturated carbocycles. The Kier molecular flexibility index (Phi) is 6.75. The zero-order valence-electron chi connectivity index (χ0n) is 17.9. The number of anilines is 2. The van der Waals surface area contributed by atoms with Gasteiger partial charge in [0.15, 0.2) is 0 Å². The topological polar surface area (TPSA) is 113 Å². The van der Waals surface area contributed by atoms with Crippen molar-refractivity contribution in [2.75, 3.05) is 23.9 Å². The number of rotatable bonds is 7. The predicted octanol–water partition coefficient (Wildman–Crippen LogP) is 3.58. The molecule has 0 aliphatic carbocycles. The number of carbonyl (C=O) groups excluding carboxylic acids is 3. The largest absolute Gasteiger partial charge is 0.465 e. The summed E-state index contributed by atoms with van der Waals surface area (Å²) < 4.78 is 10.1. The first kappa shape index (κ1) is 22.1. The Balaban J connectivity index is 1.71. The molecule has 2 aromatic rings. The second-order valence-corrected chi connectivity index (χ2v) is 7.51. The van der Waals surface area contributed by atoms with Crippen LogP contribution in [0.5, 0.6) is 0 Å². The van der Waals surface area contributed by atoms with Gasteiger partial charge >= 0.3 is 5.97 Å². The molecule has 1 fully saturated rings. The average molecular weight is 423 g/mol. The highest BCUT2D eigenvalue weighted by Gasteiger charge is 2.36. The van der Waals surface area contributed by atoms with Gasteiger partial charge in [0.1, 0.15) is 23.0 Å². The fourth-order valence-electron chi connectivity index (χ4n) is 3.66. The Morgan fingerprint density at radius 1 is 1.32 bits per heavy atom. The van der Waals surface area contributed by atoms with E-state index >= 15 is 0 Å². The fraction of sp³-hybridized carbons (Fsp3) is 0.391. The Bertz CT molecular complexity index is 1030. The number of unbranched alkanes of at least 4 members (excludes halogenated alkanes) is 1. The van der Waals surface area contributed by atoms with Crippen LogP contribution < -0.4 is 10.2 Å². The summed E-state index contributed by atoms with van der Waals surface area (Å²) in [5, 5.41) is 12.0. The SMILES string of the molecule is CCCCc1ccc(N2CC(C(=O)Nc3oc(C)c(C(=O)OC)c3C#N)CC2=O)cc1. The summed E-state index contributed by atoms with van der Waals surface area (Å²) in [5.74, 6) is -1.86. The first-order valence-corrected chi connectivity index (χ1v) is 10.2. The van der Waals surface area contributed by atoms with Gasteiger partial charge in [-0.05, 0) is 37.5 Å². The molecule has 1 saturated heterocycles. The quantitative estimate of drug-likeness (QED) is 0.681. The van der Waals surface area contributed by atoms with E-state index in [-0.39, 0.29) is 41.6 Å². The highest BCUT2D eigenvalue weighted by molar-refractivity contribution is 6.04. The Morgan fingerprint density at radius 2 is 2.03 bits per heavy atom. The first-order chi connectivity index (χ1) is 14.9. The lowest BCUT2D eigenvalue weighted by atomic mass is 10.1. The fourth-order valence-corrected chi connectivity index (χ4v) is 3.66. The Hall–Kier alpha value is -3.60. The third kappa shape index (κ3) is 4.61. The van der Waals surface area contributed by atoms with Gasteiger partial charge in [-0.3, -0.25) is 14.9 Å². The van der Waals surface area contributed by atoms with Crippen molar-refractivity contribution in [2.45, 2.75) is 39.5 Å². The number of esters is 1. The molecular formula is C23H25N3O5. The van der Waals surface area contributed by atoms with Gasteiger partial charge in [0.2, 0.25) is 17.7 Å². The lowest BCUT2D eigenvalue weighted by Gasteiger charge is -2.17. The zero-order chi connectivity index (χ0) is 22.5. The maximum absolute atomic E-state index is 12.8. The molecule has 1 aliphatic heterocycles. The Labute approximate surface area is 180 Å². The number of nitrogens with zero attached hydrogens (tertiary/aromatic N) is 2. The number of nitriles is 1. The summed E-state index contributed by atoms with van der Waals surface area (Å²) in [5.41, 5.74) is 1.85. The second-order valence-electron chi connectivity index (χ2n) is 7.51. The van der Waals surface area contributed by atoms with Crippen LogP contribution in [0.4, 0.5) is 11.6 Å². The van der Waals surface area contributed by atoms with Crippen molar-refractivity contribution in [3.63, 3.8) is 0 Å². The molecule has 1 aliphatic rings. The van der Waals surface area contributed by atoms with Gasteiger partial charge in [-0.2, -0.15) is 5.26 Å². The highest BCUT2D eigenvalue weighted by atomic mass is 16.5. The molecule has 3 rings (SSSR count). The van der Waals surface area contributed by atoms with Crippen LogP contribution in [-0.2, 0) is 20.7 Å². The van der Waals surface area contributed by atoms with Gasteiger partial charge in [0.25, 0.3) is 0 Å². The third-order valence-corrected chi connectivity index (χ3v) is 5.39. The van der Waals surface area contributed by atoms with E-state index < -0.39 is 17.8 Å². The lowest BCUT2D eigenvalue weighted by Crippen LogP contribution is -2.28. The van der Waals surface area contributed by atoms with E-state index in [2.05, 4.69) is 17.0 Å². The van der Waals surface area contributed by atoms with Gasteiger partial charge in [-0.1, -0.05) is 25.5 Å². The van der Waals surface area contributed by atoms with Gasteiger partial charge in [0.05, 0.1) is 13.0 Å².